The first kappa shape index (κ1) is 13.8. The topological polar surface area (TPSA) is 53.0 Å². The van der Waals surface area contributed by atoms with Crippen LogP contribution in [0.25, 0.3) is 0 Å². The van der Waals surface area contributed by atoms with E-state index in [0.29, 0.717) is 6.54 Å². The number of hydrogen-bond acceptors (Lipinski definition) is 4. The van der Waals surface area contributed by atoms with Gasteiger partial charge in [0.15, 0.2) is 0 Å². The zero-order chi connectivity index (χ0) is 13.0. The first-order valence-electron chi connectivity index (χ1n) is 6.96. The molecular weight excluding hydrogens is 232 g/mol. The fourth-order valence-electron chi connectivity index (χ4n) is 2.82. The molecule has 0 spiro atoms. The molecule has 2 saturated heterocycles. The van der Waals surface area contributed by atoms with Crippen LogP contribution in [0.3, 0.4) is 0 Å². The van der Waals surface area contributed by atoms with E-state index in [-0.39, 0.29) is 24.5 Å². The summed E-state index contributed by atoms with van der Waals surface area (Å²) in [6.07, 6.45) is 2.00. The van der Waals surface area contributed by atoms with Crippen LogP contribution < -0.4 is 0 Å². The van der Waals surface area contributed by atoms with Crippen molar-refractivity contribution >= 4 is 5.91 Å². The predicted molar refractivity (Wildman–Crippen MR) is 68.2 cm³/mol. The Kier molecular flexibility index (Phi) is 4.97. The third kappa shape index (κ3) is 3.22. The van der Waals surface area contributed by atoms with Gasteiger partial charge in [0.2, 0.25) is 5.91 Å². The van der Waals surface area contributed by atoms with E-state index in [9.17, 15) is 4.79 Å². The van der Waals surface area contributed by atoms with E-state index in [4.69, 9.17) is 9.84 Å². The quantitative estimate of drug-likeness (QED) is 0.768. The Morgan fingerprint density at radius 2 is 2.06 bits per heavy atom. The van der Waals surface area contributed by atoms with Crippen molar-refractivity contribution in [2.45, 2.75) is 25.9 Å². The summed E-state index contributed by atoms with van der Waals surface area (Å²) < 4.78 is 5.57. The molecule has 1 N–H and O–H groups in total. The Morgan fingerprint density at radius 1 is 1.33 bits per heavy atom. The third-order valence-electron chi connectivity index (χ3n) is 4.02. The first-order valence-corrected chi connectivity index (χ1v) is 6.96. The highest BCUT2D eigenvalue weighted by atomic mass is 16.5. The minimum Gasteiger partial charge on any atom is -0.395 e. The summed E-state index contributed by atoms with van der Waals surface area (Å²) in [6, 6.07) is 0. The summed E-state index contributed by atoms with van der Waals surface area (Å²) in [5.74, 6) is 0.300. The number of aliphatic hydroxyl groups excluding tert-OH is 1. The standard InChI is InChI=1S/C13H24N2O3/c1-11-12(3-2-10-18-11)13(17)15-6-4-14(5-7-15)8-9-16/h11-12,16H,2-10H2,1H3. The van der Waals surface area contributed by atoms with Crippen LogP contribution in [0.4, 0.5) is 0 Å². The minimum atomic E-state index is 0.0446. The number of ether oxygens (including phenoxy) is 1. The number of β-amino-alcohol motifs (C(OH)–C–C–N with tert-alkyl or cyclic N) is 1. The highest BCUT2D eigenvalue weighted by molar-refractivity contribution is 5.79. The normalized spacial score (nSPS) is 30.4. The molecule has 2 aliphatic rings. The van der Waals surface area contributed by atoms with Gasteiger partial charge in [0.05, 0.1) is 18.6 Å². The lowest BCUT2D eigenvalue weighted by molar-refractivity contribution is -0.145. The molecule has 2 unspecified atom stereocenters. The van der Waals surface area contributed by atoms with Gasteiger partial charge in [-0.25, -0.2) is 0 Å². The monoisotopic (exact) mass is 256 g/mol. The Balaban J connectivity index is 1.83. The maximum atomic E-state index is 12.4. The van der Waals surface area contributed by atoms with Crippen LogP contribution in [-0.2, 0) is 9.53 Å². The molecule has 2 rings (SSSR count). The summed E-state index contributed by atoms with van der Waals surface area (Å²) in [7, 11) is 0. The van der Waals surface area contributed by atoms with Gasteiger partial charge in [-0.1, -0.05) is 0 Å². The average Bonchev–Trinajstić information content (AvgIpc) is 2.40. The highest BCUT2D eigenvalue weighted by Crippen LogP contribution is 2.23. The van der Waals surface area contributed by atoms with Gasteiger partial charge in [-0.05, 0) is 19.8 Å². The van der Waals surface area contributed by atoms with Crippen LogP contribution in [0, 0.1) is 5.92 Å². The molecule has 104 valence electrons. The summed E-state index contributed by atoms with van der Waals surface area (Å²) in [4.78, 5) is 16.6. The SMILES string of the molecule is CC1OCCCC1C(=O)N1CCN(CCO)CC1. The molecule has 0 radical (unpaired) electrons. The number of piperazine rings is 1. The number of aliphatic hydroxyl groups is 1. The lowest BCUT2D eigenvalue weighted by Gasteiger charge is -2.38. The lowest BCUT2D eigenvalue weighted by Crippen LogP contribution is -2.52. The molecule has 2 aliphatic heterocycles. The van der Waals surface area contributed by atoms with Gasteiger partial charge in [0.25, 0.3) is 0 Å². The second-order valence-electron chi connectivity index (χ2n) is 5.22. The molecule has 0 aromatic carbocycles. The Labute approximate surface area is 109 Å². The summed E-state index contributed by atoms with van der Waals surface area (Å²) in [6.45, 7) is 7.00. The van der Waals surface area contributed by atoms with E-state index in [0.717, 1.165) is 45.6 Å². The van der Waals surface area contributed by atoms with Gasteiger partial charge >= 0.3 is 0 Å². The average molecular weight is 256 g/mol. The van der Waals surface area contributed by atoms with E-state index in [1.807, 2.05) is 11.8 Å². The molecule has 2 atom stereocenters. The van der Waals surface area contributed by atoms with Crippen LogP contribution in [-0.4, -0.2) is 72.9 Å². The number of carbonyl (C=O) groups excluding carboxylic acids is 1. The fourth-order valence-corrected chi connectivity index (χ4v) is 2.82. The predicted octanol–water partition coefficient (Wildman–Crippen LogP) is -0.0620. The van der Waals surface area contributed by atoms with Crippen molar-refractivity contribution in [3.8, 4) is 0 Å². The van der Waals surface area contributed by atoms with Crippen LogP contribution >= 0.6 is 0 Å². The second-order valence-corrected chi connectivity index (χ2v) is 5.22. The number of rotatable bonds is 3. The Hall–Kier alpha value is -0.650. The number of amides is 1. The van der Waals surface area contributed by atoms with Gasteiger partial charge < -0.3 is 14.7 Å². The van der Waals surface area contributed by atoms with Gasteiger partial charge in [-0.2, -0.15) is 0 Å². The van der Waals surface area contributed by atoms with E-state index in [1.54, 1.807) is 0 Å². The summed E-state index contributed by atoms with van der Waals surface area (Å²) in [5, 5.41) is 8.89. The number of carbonyl (C=O) groups is 1. The van der Waals surface area contributed by atoms with Crippen LogP contribution in [0.2, 0.25) is 0 Å². The molecule has 2 heterocycles. The van der Waals surface area contributed by atoms with Crippen molar-refractivity contribution in [3.63, 3.8) is 0 Å². The molecule has 0 saturated carbocycles. The fraction of sp³-hybridized carbons (Fsp3) is 0.923. The highest BCUT2D eigenvalue weighted by Gasteiger charge is 2.33. The van der Waals surface area contributed by atoms with E-state index < -0.39 is 0 Å². The molecule has 2 fully saturated rings. The van der Waals surface area contributed by atoms with Gasteiger partial charge in [-0.15, -0.1) is 0 Å². The molecule has 5 heteroatoms. The summed E-state index contributed by atoms with van der Waals surface area (Å²) >= 11 is 0. The van der Waals surface area contributed by atoms with Gasteiger partial charge in [0, 0.05) is 39.3 Å². The lowest BCUT2D eigenvalue weighted by atomic mass is 9.93. The molecule has 0 bridgehead atoms. The maximum Gasteiger partial charge on any atom is 0.228 e. The van der Waals surface area contributed by atoms with Crippen molar-refractivity contribution in [3.05, 3.63) is 0 Å². The van der Waals surface area contributed by atoms with Crippen LogP contribution in [0.15, 0.2) is 0 Å². The minimum absolute atomic E-state index is 0.0446. The smallest absolute Gasteiger partial charge is 0.228 e. The van der Waals surface area contributed by atoms with Gasteiger partial charge in [0.1, 0.15) is 0 Å². The summed E-state index contributed by atoms with van der Waals surface area (Å²) in [5.41, 5.74) is 0. The molecule has 0 aliphatic carbocycles. The molecule has 1 amide bonds. The van der Waals surface area contributed by atoms with Crippen LogP contribution in [0.5, 0.6) is 0 Å². The Bertz CT molecular complexity index is 277. The number of nitrogens with zero attached hydrogens (tertiary/aromatic N) is 2. The third-order valence-corrected chi connectivity index (χ3v) is 4.02. The van der Waals surface area contributed by atoms with E-state index in [2.05, 4.69) is 4.90 Å². The van der Waals surface area contributed by atoms with E-state index in [1.165, 1.54) is 0 Å². The molecule has 0 aromatic rings. The molecule has 5 nitrogen and oxygen atoms in total. The van der Waals surface area contributed by atoms with Crippen molar-refractivity contribution in [2.24, 2.45) is 5.92 Å². The zero-order valence-corrected chi connectivity index (χ0v) is 11.2. The van der Waals surface area contributed by atoms with Crippen molar-refractivity contribution < 1.29 is 14.6 Å². The van der Waals surface area contributed by atoms with E-state index >= 15 is 0 Å². The maximum absolute atomic E-state index is 12.4. The second kappa shape index (κ2) is 6.50. The van der Waals surface area contributed by atoms with Gasteiger partial charge in [-0.3, -0.25) is 9.69 Å². The van der Waals surface area contributed by atoms with Crippen LogP contribution in [0.1, 0.15) is 19.8 Å². The van der Waals surface area contributed by atoms with Crippen molar-refractivity contribution in [1.29, 1.82) is 0 Å². The van der Waals surface area contributed by atoms with Crippen molar-refractivity contribution in [1.82, 2.24) is 9.80 Å². The molecular formula is C13H24N2O3. The Morgan fingerprint density at radius 3 is 2.67 bits per heavy atom. The van der Waals surface area contributed by atoms with Crippen molar-refractivity contribution in [2.75, 3.05) is 45.9 Å². The molecule has 0 aromatic heterocycles. The zero-order valence-electron chi connectivity index (χ0n) is 11.2. The number of hydrogen-bond donors (Lipinski definition) is 1. The largest absolute Gasteiger partial charge is 0.395 e. The molecule has 18 heavy (non-hydrogen) atoms. The first-order chi connectivity index (χ1) is 8.72.